The van der Waals surface area contributed by atoms with Crippen molar-refractivity contribution in [2.75, 3.05) is 20.3 Å². The lowest BCUT2D eigenvalue weighted by Crippen LogP contribution is -2.05. The van der Waals surface area contributed by atoms with Crippen molar-refractivity contribution in [3.8, 4) is 11.6 Å². The van der Waals surface area contributed by atoms with E-state index in [0.29, 0.717) is 30.5 Å². The molecule has 0 unspecified atom stereocenters. The fourth-order valence-corrected chi connectivity index (χ4v) is 2.60. The minimum absolute atomic E-state index is 0. The van der Waals surface area contributed by atoms with Crippen LogP contribution >= 0.6 is 15.9 Å². The lowest BCUT2D eigenvalue weighted by molar-refractivity contribution is 0.147. The molecule has 3 rings (SSSR count). The molecular formula is C18H25BrN4O3. The van der Waals surface area contributed by atoms with Crippen LogP contribution in [0.3, 0.4) is 0 Å². The molecule has 0 saturated carbocycles. The topological polar surface area (TPSA) is 82.3 Å². The van der Waals surface area contributed by atoms with E-state index in [2.05, 4.69) is 31.0 Å². The van der Waals surface area contributed by atoms with Crippen LogP contribution < -0.4 is 4.74 Å². The number of benzene rings is 1. The maximum atomic E-state index is 9.21. The highest BCUT2D eigenvalue weighted by atomic mass is 79.9. The van der Waals surface area contributed by atoms with Crippen molar-refractivity contribution >= 4 is 26.8 Å². The average molecular weight is 425 g/mol. The fraction of sp³-hybridized carbons (Fsp3) is 0.389. The summed E-state index contributed by atoms with van der Waals surface area (Å²) in [4.78, 5) is 8.41. The van der Waals surface area contributed by atoms with Crippen LogP contribution in [0.15, 0.2) is 35.2 Å². The van der Waals surface area contributed by atoms with Gasteiger partial charge in [-0.3, -0.25) is 4.98 Å². The highest BCUT2D eigenvalue weighted by molar-refractivity contribution is 9.10. The summed E-state index contributed by atoms with van der Waals surface area (Å²) >= 11 is 3.48. The van der Waals surface area contributed by atoms with Crippen molar-refractivity contribution in [2.24, 2.45) is 0 Å². The Labute approximate surface area is 162 Å². The second kappa shape index (κ2) is 10.8. The van der Waals surface area contributed by atoms with E-state index < -0.39 is 0 Å². The van der Waals surface area contributed by atoms with E-state index in [1.165, 1.54) is 6.20 Å². The van der Waals surface area contributed by atoms with Gasteiger partial charge in [0.15, 0.2) is 5.82 Å². The first kappa shape index (κ1) is 22.0. The summed E-state index contributed by atoms with van der Waals surface area (Å²) in [5, 5.41) is 14.4. The number of hydrogen-bond acceptors (Lipinski definition) is 6. The van der Waals surface area contributed by atoms with Crippen LogP contribution in [0.5, 0.6) is 5.75 Å². The zero-order valence-corrected chi connectivity index (χ0v) is 16.0. The minimum Gasteiger partial charge on any atom is -0.490 e. The smallest absolute Gasteiger partial charge is 0.172 e. The molecule has 3 aromatic rings. The molecule has 0 aliphatic rings. The number of aromatic nitrogens is 4. The second-order valence-corrected chi connectivity index (χ2v) is 5.68. The van der Waals surface area contributed by atoms with Crippen molar-refractivity contribution in [2.45, 2.75) is 27.9 Å². The summed E-state index contributed by atoms with van der Waals surface area (Å²) in [6.07, 6.45) is 4.83. The lowest BCUT2D eigenvalue weighted by Gasteiger charge is -2.08. The van der Waals surface area contributed by atoms with Crippen molar-refractivity contribution in [1.82, 2.24) is 19.7 Å². The number of nitrogens with zero attached hydrogens (tertiary/aromatic N) is 4. The molecular weight excluding hydrogens is 400 g/mol. The Hall–Kier alpha value is -2.03. The molecule has 8 heteroatoms. The zero-order valence-electron chi connectivity index (χ0n) is 14.4. The molecule has 0 fully saturated rings. The molecule has 0 aliphatic heterocycles. The normalized spacial score (nSPS) is 10.0. The molecule has 0 saturated heterocycles. The Bertz CT molecular complexity index is 823. The van der Waals surface area contributed by atoms with E-state index in [-0.39, 0.29) is 14.0 Å². The predicted molar refractivity (Wildman–Crippen MR) is 106 cm³/mol. The van der Waals surface area contributed by atoms with Crippen LogP contribution in [0.25, 0.3) is 16.7 Å². The molecule has 26 heavy (non-hydrogen) atoms. The first-order valence-electron chi connectivity index (χ1n) is 7.94. The van der Waals surface area contributed by atoms with Gasteiger partial charge >= 0.3 is 0 Å². The van der Waals surface area contributed by atoms with Gasteiger partial charge < -0.3 is 14.6 Å². The molecule has 142 valence electrons. The molecule has 1 N–H and O–H groups in total. The van der Waals surface area contributed by atoms with Gasteiger partial charge in [-0.1, -0.05) is 37.2 Å². The van der Waals surface area contributed by atoms with Gasteiger partial charge in [0.25, 0.3) is 0 Å². The fourth-order valence-electron chi connectivity index (χ4n) is 2.17. The van der Waals surface area contributed by atoms with Crippen LogP contribution in [0.4, 0.5) is 0 Å². The number of rotatable bonds is 6. The third kappa shape index (κ3) is 5.00. The largest absolute Gasteiger partial charge is 0.490 e. The minimum atomic E-state index is -0.172. The van der Waals surface area contributed by atoms with Gasteiger partial charge in [0, 0.05) is 11.6 Å². The highest BCUT2D eigenvalue weighted by Gasteiger charge is 2.13. The number of ether oxygens (including phenoxy) is 2. The van der Waals surface area contributed by atoms with E-state index >= 15 is 0 Å². The summed E-state index contributed by atoms with van der Waals surface area (Å²) in [5.41, 5.74) is 1.31. The summed E-state index contributed by atoms with van der Waals surface area (Å²) in [6.45, 7) is 4.79. The first-order valence-corrected chi connectivity index (χ1v) is 8.73. The van der Waals surface area contributed by atoms with Crippen LogP contribution in [-0.2, 0) is 11.3 Å². The number of halogens is 1. The maximum absolute atomic E-state index is 9.21. The second-order valence-electron chi connectivity index (χ2n) is 4.76. The quantitative estimate of drug-likeness (QED) is 0.606. The Kier molecular flexibility index (Phi) is 9.18. The summed E-state index contributed by atoms with van der Waals surface area (Å²) in [5.74, 6) is 1.25. The van der Waals surface area contributed by atoms with Gasteiger partial charge in [-0.15, -0.1) is 0 Å². The van der Waals surface area contributed by atoms with Crippen LogP contribution in [-0.4, -0.2) is 45.2 Å². The van der Waals surface area contributed by atoms with Crippen LogP contribution in [0, 0.1) is 0 Å². The number of methoxy groups -OCH3 is 1. The molecule has 2 heterocycles. The maximum Gasteiger partial charge on any atom is 0.172 e. The number of hydrogen-bond donors (Lipinski definition) is 1. The van der Waals surface area contributed by atoms with Gasteiger partial charge in [-0.2, -0.15) is 5.10 Å². The Morgan fingerprint density at radius 3 is 2.62 bits per heavy atom. The van der Waals surface area contributed by atoms with Crippen LogP contribution in [0.2, 0.25) is 0 Å². The summed E-state index contributed by atoms with van der Waals surface area (Å²) in [7, 11) is 1.63. The SMILES string of the molecule is C.CC.COCCOc1cc(Br)cc2c1cnn2-c1cncc(CO)n1. The zero-order chi connectivity index (χ0) is 18.2. The molecule has 7 nitrogen and oxygen atoms in total. The van der Waals surface area contributed by atoms with E-state index in [9.17, 15) is 5.11 Å². The van der Waals surface area contributed by atoms with E-state index in [1.807, 2.05) is 26.0 Å². The van der Waals surface area contributed by atoms with E-state index in [4.69, 9.17) is 9.47 Å². The average Bonchev–Trinajstić information content (AvgIpc) is 3.07. The summed E-state index contributed by atoms with van der Waals surface area (Å²) in [6, 6.07) is 3.82. The first-order chi connectivity index (χ1) is 12.2. The van der Waals surface area contributed by atoms with E-state index in [1.54, 1.807) is 24.2 Å². The molecule has 0 spiro atoms. The number of fused-ring (bicyclic) bond motifs is 1. The molecule has 0 radical (unpaired) electrons. The van der Waals surface area contributed by atoms with Gasteiger partial charge in [0.05, 0.1) is 48.4 Å². The molecule has 1 aromatic carbocycles. The molecule has 0 aliphatic carbocycles. The van der Waals surface area contributed by atoms with Gasteiger partial charge in [-0.05, 0) is 12.1 Å². The Morgan fingerprint density at radius 2 is 1.92 bits per heavy atom. The standard InChI is InChI=1S/C15H15BrN4O3.C2H6.CH4/c1-22-2-3-23-14-5-10(16)4-13-12(14)7-18-20(13)15-8-17-6-11(9-21)19-15;1-2;/h4-8,21H,2-3,9H2,1H3;1-2H3;1H4. The molecule has 0 bridgehead atoms. The Balaban J connectivity index is 0.00000109. The third-order valence-corrected chi connectivity index (χ3v) is 3.67. The van der Waals surface area contributed by atoms with Gasteiger partial charge in [0.2, 0.25) is 0 Å². The lowest BCUT2D eigenvalue weighted by atomic mass is 10.2. The van der Waals surface area contributed by atoms with Crippen molar-refractivity contribution in [1.29, 1.82) is 0 Å². The van der Waals surface area contributed by atoms with Crippen molar-refractivity contribution in [3.05, 3.63) is 40.9 Å². The molecule has 2 aromatic heterocycles. The van der Waals surface area contributed by atoms with Crippen molar-refractivity contribution < 1.29 is 14.6 Å². The summed E-state index contributed by atoms with van der Waals surface area (Å²) < 4.78 is 13.3. The Morgan fingerprint density at radius 1 is 1.15 bits per heavy atom. The van der Waals surface area contributed by atoms with Gasteiger partial charge in [0.1, 0.15) is 12.4 Å². The highest BCUT2D eigenvalue weighted by Crippen LogP contribution is 2.31. The molecule has 0 amide bonds. The van der Waals surface area contributed by atoms with Crippen molar-refractivity contribution in [3.63, 3.8) is 0 Å². The predicted octanol–water partition coefficient (Wildman–Crippen LogP) is 3.76. The van der Waals surface area contributed by atoms with Gasteiger partial charge in [-0.25, -0.2) is 9.67 Å². The van der Waals surface area contributed by atoms with Crippen LogP contribution in [0.1, 0.15) is 27.0 Å². The monoisotopic (exact) mass is 424 g/mol. The number of aliphatic hydroxyl groups is 1. The molecule has 0 atom stereocenters. The van der Waals surface area contributed by atoms with E-state index in [0.717, 1.165) is 15.4 Å². The number of aliphatic hydroxyl groups excluding tert-OH is 1. The third-order valence-electron chi connectivity index (χ3n) is 3.21.